The Balaban J connectivity index is 1.27. The first kappa shape index (κ1) is 24.6. The molecular weight excluding hydrogens is 446 g/mol. The van der Waals surface area contributed by atoms with Gasteiger partial charge in [0.2, 0.25) is 15.9 Å². The third kappa shape index (κ3) is 6.78. The molecule has 2 fully saturated rings. The summed E-state index contributed by atoms with van der Waals surface area (Å²) >= 11 is 0. The van der Waals surface area contributed by atoms with Crippen molar-refractivity contribution in [3.05, 3.63) is 76.7 Å². The lowest BCUT2D eigenvalue weighted by atomic mass is 9.97. The van der Waals surface area contributed by atoms with Crippen molar-refractivity contribution < 1.29 is 13.2 Å². The van der Waals surface area contributed by atoms with Gasteiger partial charge in [-0.15, -0.1) is 0 Å². The van der Waals surface area contributed by atoms with Crippen molar-refractivity contribution in [1.82, 2.24) is 14.5 Å². The number of carbonyl (C=O) groups excluding carboxylic acids is 1. The number of hydrogen-bond acceptors (Lipinski definition) is 4. The lowest BCUT2D eigenvalue weighted by Crippen LogP contribution is -2.42. The molecule has 0 atom stereocenters. The maximum absolute atomic E-state index is 12.8. The van der Waals surface area contributed by atoms with Gasteiger partial charge in [-0.25, -0.2) is 8.42 Å². The number of likely N-dealkylation sites (tertiary alicyclic amines) is 1. The third-order valence-electron chi connectivity index (χ3n) is 6.83. The van der Waals surface area contributed by atoms with Crippen LogP contribution in [0, 0.1) is 5.92 Å². The van der Waals surface area contributed by atoms with Gasteiger partial charge in [-0.05, 0) is 61.5 Å². The largest absolute Gasteiger partial charge is 0.352 e. The number of amides is 1. The number of nitrogens with zero attached hydrogens (tertiary/aromatic N) is 2. The van der Waals surface area contributed by atoms with Gasteiger partial charge in [0, 0.05) is 37.5 Å². The van der Waals surface area contributed by atoms with Crippen LogP contribution in [0.4, 0.5) is 0 Å². The maximum atomic E-state index is 12.8. The Morgan fingerprint density at radius 2 is 1.53 bits per heavy atom. The van der Waals surface area contributed by atoms with E-state index in [-0.39, 0.29) is 11.8 Å². The molecular formula is C27H35N3O3S. The summed E-state index contributed by atoms with van der Waals surface area (Å²) in [7, 11) is -3.49. The second-order valence-corrected chi connectivity index (χ2v) is 11.1. The molecule has 0 saturated carbocycles. The number of rotatable bonds is 8. The van der Waals surface area contributed by atoms with E-state index in [1.54, 1.807) is 6.08 Å². The first-order valence-electron chi connectivity index (χ1n) is 12.3. The highest BCUT2D eigenvalue weighted by Gasteiger charge is 2.30. The summed E-state index contributed by atoms with van der Waals surface area (Å²) in [5.41, 5.74) is 3.28. The highest BCUT2D eigenvalue weighted by Crippen LogP contribution is 2.22. The van der Waals surface area contributed by atoms with Gasteiger partial charge in [-0.3, -0.25) is 9.69 Å². The molecule has 0 radical (unpaired) electrons. The van der Waals surface area contributed by atoms with E-state index in [1.165, 1.54) is 34.5 Å². The number of benzene rings is 2. The van der Waals surface area contributed by atoms with E-state index >= 15 is 0 Å². The van der Waals surface area contributed by atoms with E-state index in [0.29, 0.717) is 32.5 Å². The molecule has 0 aromatic heterocycles. The van der Waals surface area contributed by atoms with Crippen molar-refractivity contribution in [3.8, 4) is 0 Å². The number of sulfonamides is 1. The minimum Gasteiger partial charge on any atom is -0.352 e. The zero-order chi connectivity index (χ0) is 23.8. The van der Waals surface area contributed by atoms with Crippen LogP contribution in [0.25, 0.3) is 6.08 Å². The molecule has 4 rings (SSSR count). The summed E-state index contributed by atoms with van der Waals surface area (Å²) < 4.78 is 26.8. The molecule has 1 N–H and O–H groups in total. The average Bonchev–Trinajstić information content (AvgIpc) is 2.88. The van der Waals surface area contributed by atoms with Crippen molar-refractivity contribution in [2.24, 2.45) is 5.92 Å². The molecule has 34 heavy (non-hydrogen) atoms. The summed E-state index contributed by atoms with van der Waals surface area (Å²) in [5, 5.41) is 4.37. The van der Waals surface area contributed by atoms with Crippen LogP contribution < -0.4 is 5.32 Å². The molecule has 2 heterocycles. The van der Waals surface area contributed by atoms with Gasteiger partial charge < -0.3 is 5.32 Å². The van der Waals surface area contributed by atoms with Crippen LogP contribution in [0.5, 0.6) is 0 Å². The molecule has 6 nitrogen and oxygen atoms in total. The Morgan fingerprint density at radius 1 is 0.882 bits per heavy atom. The van der Waals surface area contributed by atoms with E-state index in [9.17, 15) is 13.2 Å². The molecule has 0 unspecified atom stereocenters. The van der Waals surface area contributed by atoms with Crippen molar-refractivity contribution in [2.45, 2.75) is 45.2 Å². The fourth-order valence-corrected chi connectivity index (χ4v) is 5.98. The van der Waals surface area contributed by atoms with E-state index in [2.05, 4.69) is 28.4 Å². The third-order valence-corrected chi connectivity index (χ3v) is 8.40. The fourth-order valence-electron chi connectivity index (χ4n) is 4.76. The first-order valence-corrected chi connectivity index (χ1v) is 13.8. The molecule has 0 spiro atoms. The lowest BCUT2D eigenvalue weighted by Gasteiger charge is -2.30. The first-order chi connectivity index (χ1) is 16.5. The van der Waals surface area contributed by atoms with Crippen LogP contribution in [-0.4, -0.2) is 49.7 Å². The van der Waals surface area contributed by atoms with Crippen LogP contribution in [-0.2, 0) is 27.9 Å². The lowest BCUT2D eigenvalue weighted by molar-refractivity contribution is -0.126. The Bertz CT molecular complexity index is 1070. The van der Waals surface area contributed by atoms with E-state index in [4.69, 9.17) is 0 Å². The van der Waals surface area contributed by atoms with E-state index < -0.39 is 10.0 Å². The summed E-state index contributed by atoms with van der Waals surface area (Å²) in [6.07, 6.45) is 6.54. The van der Waals surface area contributed by atoms with Crippen LogP contribution in [0.1, 0.15) is 48.8 Å². The smallest absolute Gasteiger partial charge is 0.236 e. The molecule has 2 aromatic rings. The summed E-state index contributed by atoms with van der Waals surface area (Å²) in [4.78, 5) is 15.3. The van der Waals surface area contributed by atoms with Crippen LogP contribution in [0.2, 0.25) is 0 Å². The van der Waals surface area contributed by atoms with Gasteiger partial charge in [-0.1, -0.05) is 61.0 Å². The number of piperidine rings is 2. The molecule has 2 saturated heterocycles. The Labute approximate surface area is 203 Å². The normalized spacial score (nSPS) is 18.8. The highest BCUT2D eigenvalue weighted by atomic mass is 32.2. The standard InChI is InChI=1S/C27H35N3O3S/c31-27(28-21-25-11-5-6-12-26(25)22-29-16-7-2-8-17-29)24-13-18-30(19-14-24)34(32,33)20-15-23-9-3-1-4-10-23/h1,3-6,9-12,15,20,24H,2,7-8,13-14,16-19,21-22H2,(H,28,31). The van der Waals surface area contributed by atoms with Gasteiger partial charge >= 0.3 is 0 Å². The SMILES string of the molecule is O=C(NCc1ccccc1CN1CCCCC1)C1CCN(S(=O)(=O)C=Cc2ccccc2)CC1. The zero-order valence-corrected chi connectivity index (χ0v) is 20.6. The fraction of sp³-hybridized carbons (Fsp3) is 0.444. The number of carbonyl (C=O) groups is 1. The molecule has 7 heteroatoms. The average molecular weight is 482 g/mol. The van der Waals surface area contributed by atoms with E-state index in [0.717, 1.165) is 30.8 Å². The second-order valence-electron chi connectivity index (χ2n) is 9.26. The zero-order valence-electron chi connectivity index (χ0n) is 19.7. The molecule has 182 valence electrons. The van der Waals surface area contributed by atoms with Gasteiger partial charge in [0.25, 0.3) is 0 Å². The van der Waals surface area contributed by atoms with Crippen molar-refractivity contribution in [3.63, 3.8) is 0 Å². The minimum atomic E-state index is -3.49. The molecule has 1 amide bonds. The van der Waals surface area contributed by atoms with Crippen molar-refractivity contribution in [1.29, 1.82) is 0 Å². The summed E-state index contributed by atoms with van der Waals surface area (Å²) in [6, 6.07) is 17.7. The monoisotopic (exact) mass is 481 g/mol. The summed E-state index contributed by atoms with van der Waals surface area (Å²) in [6.45, 7) is 4.46. The maximum Gasteiger partial charge on any atom is 0.236 e. The minimum absolute atomic E-state index is 0.0182. The van der Waals surface area contributed by atoms with Crippen LogP contribution in [0.15, 0.2) is 60.0 Å². The Kier molecular flexibility index (Phi) is 8.53. The number of hydrogen-bond donors (Lipinski definition) is 1. The second kappa shape index (κ2) is 11.8. The Morgan fingerprint density at radius 3 is 2.24 bits per heavy atom. The van der Waals surface area contributed by atoms with Gasteiger partial charge in [0.1, 0.15) is 0 Å². The van der Waals surface area contributed by atoms with Gasteiger partial charge in [0.15, 0.2) is 0 Å². The molecule has 0 aliphatic carbocycles. The molecule has 0 bridgehead atoms. The molecule has 2 aliphatic heterocycles. The predicted molar refractivity (Wildman–Crippen MR) is 136 cm³/mol. The Hall–Kier alpha value is -2.48. The van der Waals surface area contributed by atoms with Gasteiger partial charge in [0.05, 0.1) is 0 Å². The van der Waals surface area contributed by atoms with Gasteiger partial charge in [-0.2, -0.15) is 4.31 Å². The van der Waals surface area contributed by atoms with Crippen LogP contribution in [0.3, 0.4) is 0 Å². The topological polar surface area (TPSA) is 69.7 Å². The quantitative estimate of drug-likeness (QED) is 0.619. The number of nitrogens with one attached hydrogen (secondary N) is 1. The molecule has 2 aliphatic rings. The predicted octanol–water partition coefficient (Wildman–Crippen LogP) is 4.00. The highest BCUT2D eigenvalue weighted by molar-refractivity contribution is 7.92. The molecule has 2 aromatic carbocycles. The summed E-state index contributed by atoms with van der Waals surface area (Å²) in [5.74, 6) is -0.136. The van der Waals surface area contributed by atoms with E-state index in [1.807, 2.05) is 36.4 Å². The van der Waals surface area contributed by atoms with Crippen molar-refractivity contribution in [2.75, 3.05) is 26.2 Å². The van der Waals surface area contributed by atoms with Crippen molar-refractivity contribution >= 4 is 22.0 Å². The van der Waals surface area contributed by atoms with Crippen LogP contribution >= 0.6 is 0 Å².